The van der Waals surface area contributed by atoms with E-state index in [0.717, 1.165) is 12.2 Å². The number of ether oxygens (including phenoxy) is 2. The van der Waals surface area contributed by atoms with Gasteiger partial charge >= 0.3 is 0 Å². The Morgan fingerprint density at radius 1 is 1.00 bits per heavy atom. The van der Waals surface area contributed by atoms with Crippen molar-refractivity contribution in [2.45, 2.75) is 18.9 Å². The van der Waals surface area contributed by atoms with Crippen LogP contribution in [0, 0.1) is 5.92 Å². The van der Waals surface area contributed by atoms with Crippen LogP contribution in [0.2, 0.25) is 0 Å². The van der Waals surface area contributed by atoms with Gasteiger partial charge in [0.25, 0.3) is 5.91 Å². The van der Waals surface area contributed by atoms with Crippen LogP contribution in [0.4, 0.5) is 0 Å². The first-order chi connectivity index (χ1) is 13.5. The summed E-state index contributed by atoms with van der Waals surface area (Å²) >= 11 is 0. The fourth-order valence-electron chi connectivity index (χ4n) is 4.10. The van der Waals surface area contributed by atoms with E-state index in [4.69, 9.17) is 9.47 Å². The van der Waals surface area contributed by atoms with Crippen molar-refractivity contribution in [3.05, 3.63) is 54.1 Å². The highest BCUT2D eigenvalue weighted by molar-refractivity contribution is 5.94. The molecule has 0 aromatic heterocycles. The Hall–Kier alpha value is -3.02. The van der Waals surface area contributed by atoms with Gasteiger partial charge in [-0.05, 0) is 55.0 Å². The Morgan fingerprint density at radius 2 is 1.61 bits per heavy atom. The average Bonchev–Trinajstić information content (AvgIpc) is 3.02. The molecule has 2 heterocycles. The molecule has 6 heteroatoms. The zero-order valence-electron chi connectivity index (χ0n) is 16.1. The summed E-state index contributed by atoms with van der Waals surface area (Å²) in [5, 5.41) is 0. The van der Waals surface area contributed by atoms with E-state index < -0.39 is 0 Å². The number of likely N-dealkylation sites (tertiary alicyclic amines) is 2. The minimum absolute atomic E-state index is 0.0106. The van der Waals surface area contributed by atoms with Crippen LogP contribution < -0.4 is 9.47 Å². The highest BCUT2D eigenvalue weighted by Gasteiger charge is 2.41. The number of piperidine rings is 1. The quantitative estimate of drug-likeness (QED) is 0.817. The van der Waals surface area contributed by atoms with Crippen LogP contribution in [-0.2, 0) is 4.79 Å². The van der Waals surface area contributed by atoms with Crippen molar-refractivity contribution in [2.75, 3.05) is 27.2 Å². The number of hydrogen-bond acceptors (Lipinski definition) is 4. The van der Waals surface area contributed by atoms with E-state index in [1.54, 1.807) is 31.4 Å². The molecule has 146 valence electrons. The van der Waals surface area contributed by atoms with E-state index in [1.807, 2.05) is 41.1 Å². The van der Waals surface area contributed by atoms with Gasteiger partial charge < -0.3 is 19.3 Å². The van der Waals surface area contributed by atoms with Crippen LogP contribution in [0.25, 0.3) is 0 Å². The molecule has 4 rings (SSSR count). The maximum absolute atomic E-state index is 12.9. The molecule has 0 bridgehead atoms. The van der Waals surface area contributed by atoms with Crippen molar-refractivity contribution in [3.63, 3.8) is 0 Å². The summed E-state index contributed by atoms with van der Waals surface area (Å²) in [6.07, 6.45) is 1.39. The predicted octanol–water partition coefficient (Wildman–Crippen LogP) is 3.18. The summed E-state index contributed by atoms with van der Waals surface area (Å²) in [6.45, 7) is 1.32. The first kappa shape index (κ1) is 18.3. The first-order valence-electron chi connectivity index (χ1n) is 9.52. The number of fused-ring (bicyclic) bond motifs is 1. The molecule has 2 aromatic carbocycles. The van der Waals surface area contributed by atoms with E-state index in [1.165, 1.54) is 0 Å². The van der Waals surface area contributed by atoms with Crippen molar-refractivity contribution < 1.29 is 19.1 Å². The normalized spacial score (nSPS) is 21.4. The summed E-state index contributed by atoms with van der Waals surface area (Å²) in [5.41, 5.74) is 0.637. The second kappa shape index (κ2) is 7.54. The third kappa shape index (κ3) is 3.54. The fraction of sp³-hybridized carbons (Fsp3) is 0.364. The van der Waals surface area contributed by atoms with Crippen molar-refractivity contribution >= 4 is 11.8 Å². The minimum Gasteiger partial charge on any atom is -0.497 e. The molecule has 0 spiro atoms. The van der Waals surface area contributed by atoms with Gasteiger partial charge in [0.2, 0.25) is 5.91 Å². The molecule has 28 heavy (non-hydrogen) atoms. The lowest BCUT2D eigenvalue weighted by Gasteiger charge is -2.36. The van der Waals surface area contributed by atoms with Gasteiger partial charge in [-0.2, -0.15) is 0 Å². The molecule has 0 radical (unpaired) electrons. The lowest BCUT2D eigenvalue weighted by atomic mass is 9.92. The van der Waals surface area contributed by atoms with Gasteiger partial charge in [-0.25, -0.2) is 0 Å². The lowest BCUT2D eigenvalue weighted by molar-refractivity contribution is -0.127. The Morgan fingerprint density at radius 3 is 2.25 bits per heavy atom. The van der Waals surface area contributed by atoms with Crippen molar-refractivity contribution in [2.24, 2.45) is 5.92 Å². The Kier molecular flexibility index (Phi) is 4.94. The number of rotatable bonds is 4. The van der Waals surface area contributed by atoms with Crippen LogP contribution in [0.3, 0.4) is 0 Å². The van der Waals surface area contributed by atoms with Crippen molar-refractivity contribution in [3.8, 4) is 17.2 Å². The summed E-state index contributed by atoms with van der Waals surface area (Å²) in [5.74, 6) is 2.58. The lowest BCUT2D eigenvalue weighted by Crippen LogP contribution is -2.47. The van der Waals surface area contributed by atoms with Crippen molar-refractivity contribution in [1.29, 1.82) is 0 Å². The smallest absolute Gasteiger partial charge is 0.253 e. The number of hydrogen-bond donors (Lipinski definition) is 0. The number of methoxy groups -OCH3 is 1. The Bertz CT molecular complexity index is 863. The van der Waals surface area contributed by atoms with Gasteiger partial charge in [0.1, 0.15) is 17.2 Å². The summed E-state index contributed by atoms with van der Waals surface area (Å²) in [6, 6.07) is 14.8. The third-order valence-electron chi connectivity index (χ3n) is 5.71. The van der Waals surface area contributed by atoms with E-state index in [9.17, 15) is 9.59 Å². The molecule has 2 saturated heterocycles. The Balaban J connectivity index is 1.39. The minimum atomic E-state index is 0.0106. The van der Waals surface area contributed by atoms with Gasteiger partial charge in [-0.3, -0.25) is 9.59 Å². The molecule has 0 aliphatic carbocycles. The predicted molar refractivity (Wildman–Crippen MR) is 105 cm³/mol. The average molecular weight is 380 g/mol. The highest BCUT2D eigenvalue weighted by Crippen LogP contribution is 2.32. The van der Waals surface area contributed by atoms with Crippen LogP contribution in [-0.4, -0.2) is 54.9 Å². The first-order valence-corrected chi connectivity index (χ1v) is 9.52. The van der Waals surface area contributed by atoms with Gasteiger partial charge in [0.05, 0.1) is 7.11 Å². The molecule has 2 amide bonds. The molecule has 0 saturated carbocycles. The summed E-state index contributed by atoms with van der Waals surface area (Å²) in [7, 11) is 3.49. The number of benzene rings is 2. The van der Waals surface area contributed by atoms with E-state index in [2.05, 4.69) is 0 Å². The number of carbonyl (C=O) groups is 2. The topological polar surface area (TPSA) is 59.1 Å². The molecular weight excluding hydrogens is 356 g/mol. The van der Waals surface area contributed by atoms with Crippen LogP contribution >= 0.6 is 0 Å². The number of nitrogens with zero attached hydrogens (tertiary/aromatic N) is 2. The van der Waals surface area contributed by atoms with Gasteiger partial charge in [-0.1, -0.05) is 0 Å². The van der Waals surface area contributed by atoms with E-state index >= 15 is 0 Å². The molecule has 6 nitrogen and oxygen atoms in total. The largest absolute Gasteiger partial charge is 0.497 e. The zero-order valence-corrected chi connectivity index (χ0v) is 16.1. The van der Waals surface area contributed by atoms with Crippen LogP contribution in [0.5, 0.6) is 17.2 Å². The molecule has 2 atom stereocenters. The Labute approximate surface area is 164 Å². The second-order valence-corrected chi connectivity index (χ2v) is 7.38. The zero-order chi connectivity index (χ0) is 19.7. The molecule has 2 fully saturated rings. The van der Waals surface area contributed by atoms with Crippen LogP contribution in [0.15, 0.2) is 48.5 Å². The molecule has 2 aliphatic heterocycles. The fourth-order valence-corrected chi connectivity index (χ4v) is 4.10. The van der Waals surface area contributed by atoms with Gasteiger partial charge in [0.15, 0.2) is 0 Å². The van der Waals surface area contributed by atoms with E-state index in [-0.39, 0.29) is 23.8 Å². The highest BCUT2D eigenvalue weighted by atomic mass is 16.5. The van der Waals surface area contributed by atoms with Crippen molar-refractivity contribution in [1.82, 2.24) is 9.80 Å². The molecule has 2 aromatic rings. The second-order valence-electron chi connectivity index (χ2n) is 7.38. The summed E-state index contributed by atoms with van der Waals surface area (Å²) < 4.78 is 11.0. The van der Waals surface area contributed by atoms with Gasteiger partial charge in [-0.15, -0.1) is 0 Å². The summed E-state index contributed by atoms with van der Waals surface area (Å²) in [4.78, 5) is 28.5. The number of amides is 2. The molecule has 0 unspecified atom stereocenters. The maximum Gasteiger partial charge on any atom is 0.253 e. The third-order valence-corrected chi connectivity index (χ3v) is 5.71. The standard InChI is InChI=1S/C22H24N2O4/c1-23-20-11-12-24(14-16(20)13-21(23)25)22(26)15-3-5-18(6-4-15)28-19-9-7-17(27-2)8-10-19/h3-10,16,20H,11-14H2,1-2H3/t16-,20+/m1/s1. The number of carbonyl (C=O) groups excluding carboxylic acids is 2. The molecular formula is C22H24N2O4. The monoisotopic (exact) mass is 380 g/mol. The molecule has 0 N–H and O–H groups in total. The SMILES string of the molecule is COc1ccc(Oc2ccc(C(=O)N3CC[C@H]4[C@H](CC(=O)N4C)C3)cc2)cc1. The van der Waals surface area contributed by atoms with Crippen LogP contribution in [0.1, 0.15) is 23.2 Å². The maximum atomic E-state index is 12.9. The van der Waals surface area contributed by atoms with Gasteiger partial charge in [0, 0.05) is 44.1 Å². The van der Waals surface area contributed by atoms with E-state index in [0.29, 0.717) is 36.6 Å². The molecule has 2 aliphatic rings.